The van der Waals surface area contributed by atoms with Crippen molar-refractivity contribution < 1.29 is 73.1 Å². The van der Waals surface area contributed by atoms with Crippen LogP contribution in [-0.4, -0.2) is 175 Å². The van der Waals surface area contributed by atoms with Crippen LogP contribution in [0.4, 0.5) is 0 Å². The van der Waals surface area contributed by atoms with Gasteiger partial charge in [0.15, 0.2) is 18.4 Å². The van der Waals surface area contributed by atoms with Gasteiger partial charge in [0.1, 0.15) is 42.0 Å². The van der Waals surface area contributed by atoms with Crippen LogP contribution < -0.4 is 0 Å². The highest BCUT2D eigenvalue weighted by atomic mass is 16.7. The maximum absolute atomic E-state index is 14.5. The van der Waals surface area contributed by atoms with Gasteiger partial charge >= 0.3 is 5.97 Å². The van der Waals surface area contributed by atoms with Gasteiger partial charge in [-0.3, -0.25) is 24.0 Å². The van der Waals surface area contributed by atoms with E-state index in [-0.39, 0.29) is 36.9 Å². The Bertz CT molecular complexity index is 2070. The number of aryl methyl sites for hydroxylation is 1. The van der Waals surface area contributed by atoms with Gasteiger partial charge in [-0.25, -0.2) is 0 Å². The highest BCUT2D eigenvalue weighted by Crippen LogP contribution is 2.42. The number of rotatable bonds is 19. The van der Waals surface area contributed by atoms with E-state index in [1.54, 1.807) is 48.5 Å². The molecule has 3 aliphatic heterocycles. The molecule has 5 N–H and O–H groups in total. The summed E-state index contributed by atoms with van der Waals surface area (Å²) < 4.78 is 46.7. The average Bonchev–Trinajstić information content (AvgIpc) is 3.84. The number of aliphatic hydroxyl groups is 5. The van der Waals surface area contributed by atoms with E-state index in [0.717, 1.165) is 42.5 Å². The number of carbonyl (C=O) groups excluding carboxylic acids is 3. The number of benzene rings is 1. The summed E-state index contributed by atoms with van der Waals surface area (Å²) in [6.45, 7) is 17.8. The fourth-order valence-corrected chi connectivity index (χ4v) is 11.3. The first kappa shape index (κ1) is 60.6. The van der Waals surface area contributed by atoms with Crippen molar-refractivity contribution in [3.05, 3.63) is 36.0 Å². The van der Waals surface area contributed by atoms with Gasteiger partial charge in [-0.05, 0) is 86.3 Å². The number of cyclic esters (lactones) is 1. The third kappa shape index (κ3) is 14.6. The van der Waals surface area contributed by atoms with E-state index in [9.17, 15) is 34.8 Å². The Hall–Kier alpha value is -3.31. The number of ether oxygens (including phenoxy) is 7. The zero-order valence-corrected chi connectivity index (χ0v) is 45.6. The summed E-state index contributed by atoms with van der Waals surface area (Å²) in [5, 5.41) is 64.5. The van der Waals surface area contributed by atoms with Gasteiger partial charge in [-0.1, -0.05) is 70.0 Å². The number of unbranched alkanes of at least 4 members (excludes halogenated alkanes) is 3. The molecule has 3 aliphatic rings. The molecule has 2 aromatic rings. The molecule has 19 heteroatoms. The number of likely N-dealkylation sites (N-methyl/N-ethyl adjacent to an activating group) is 1. The summed E-state index contributed by atoms with van der Waals surface area (Å²) in [6, 6.07) is 7.59. The molecule has 0 saturated carbocycles. The number of carbonyl (C=O) groups is 3. The Morgan fingerprint density at radius 1 is 0.877 bits per heavy atom. The first-order chi connectivity index (χ1) is 34.3. The largest absolute Gasteiger partial charge is 0.459 e. The minimum Gasteiger partial charge on any atom is -0.459 e. The molecule has 3 saturated heterocycles. The number of aromatic nitrogens is 3. The molecule has 1 aromatic heterocycles. The van der Waals surface area contributed by atoms with Crippen molar-refractivity contribution in [2.45, 2.75) is 224 Å². The van der Waals surface area contributed by atoms with Gasteiger partial charge in [0.2, 0.25) is 0 Å². The lowest BCUT2D eigenvalue weighted by atomic mass is 9.74. The second-order valence-electron chi connectivity index (χ2n) is 22.0. The Labute approximate surface area is 432 Å². The molecule has 0 bridgehead atoms. The third-order valence-corrected chi connectivity index (χ3v) is 16.2. The van der Waals surface area contributed by atoms with Crippen molar-refractivity contribution in [3.8, 4) is 11.3 Å². The summed E-state index contributed by atoms with van der Waals surface area (Å²) in [5.74, 6) is -4.87. The van der Waals surface area contributed by atoms with E-state index in [2.05, 4.69) is 15.2 Å². The lowest BCUT2D eigenvalue weighted by molar-refractivity contribution is -0.319. The minimum atomic E-state index is -2.00. The molecular formula is C54H88N4O15. The summed E-state index contributed by atoms with van der Waals surface area (Å²) >= 11 is 0. The van der Waals surface area contributed by atoms with Gasteiger partial charge in [0.05, 0.1) is 53.8 Å². The average molecular weight is 1030 g/mol. The zero-order chi connectivity index (χ0) is 54.2. The maximum Gasteiger partial charge on any atom is 0.311 e. The number of Topliss-reactive ketones (excluding diaryl/α,β-unsaturated/α-hetero) is 2. The number of methoxy groups -OCH3 is 2. The number of ketones is 2. The Morgan fingerprint density at radius 2 is 1.53 bits per heavy atom. The van der Waals surface area contributed by atoms with Crippen LogP contribution in [0.25, 0.3) is 11.3 Å². The van der Waals surface area contributed by atoms with Crippen molar-refractivity contribution in [1.82, 2.24) is 19.9 Å². The SMILES string of the molecule is CC[C@H]1OC(=O)[C@H](C)[C@@H](O[C@H]2C[C@@](C)(OC)[C@@H](O)[C@H](C)O2)[C@H](C)[C@@H](O[C@@H]2O[C@H](C)C[C@H](N(C)Cc3ccc(-c4cn(CCCCCCC(=O)CO)nn4)cc3)[C@H]2O)[C@](C)(OC)C[C@@H](C)C(=O)[C@H](C)[C@@H](O)[C@]1(C)O. The van der Waals surface area contributed by atoms with Crippen molar-refractivity contribution in [2.24, 2.45) is 23.7 Å². The van der Waals surface area contributed by atoms with Gasteiger partial charge in [-0.15, -0.1) is 5.10 Å². The molecule has 414 valence electrons. The van der Waals surface area contributed by atoms with Gasteiger partial charge in [-0.2, -0.15) is 0 Å². The molecule has 0 aliphatic carbocycles. The fourth-order valence-electron chi connectivity index (χ4n) is 11.3. The van der Waals surface area contributed by atoms with Crippen LogP contribution in [0.5, 0.6) is 0 Å². The first-order valence-electron chi connectivity index (χ1n) is 26.4. The number of esters is 1. The van der Waals surface area contributed by atoms with Crippen LogP contribution in [0.15, 0.2) is 30.5 Å². The molecule has 4 heterocycles. The molecule has 73 heavy (non-hydrogen) atoms. The van der Waals surface area contributed by atoms with Crippen LogP contribution in [-0.2, 0) is 60.6 Å². The zero-order valence-electron chi connectivity index (χ0n) is 45.6. The summed E-state index contributed by atoms with van der Waals surface area (Å²) in [5.41, 5.74) is -1.76. The second-order valence-corrected chi connectivity index (χ2v) is 22.0. The molecule has 0 amide bonds. The minimum absolute atomic E-state index is 0.0645. The molecule has 19 nitrogen and oxygen atoms in total. The van der Waals surface area contributed by atoms with E-state index in [1.807, 2.05) is 56.0 Å². The normalized spacial score (nSPS) is 38.3. The van der Waals surface area contributed by atoms with Crippen LogP contribution in [0, 0.1) is 23.7 Å². The van der Waals surface area contributed by atoms with Crippen molar-refractivity contribution in [1.29, 1.82) is 0 Å². The maximum atomic E-state index is 14.5. The lowest BCUT2D eigenvalue weighted by Crippen LogP contribution is -2.61. The molecule has 5 rings (SSSR count). The Kier molecular flexibility index (Phi) is 21.7. The predicted molar refractivity (Wildman–Crippen MR) is 269 cm³/mol. The monoisotopic (exact) mass is 1030 g/mol. The highest BCUT2D eigenvalue weighted by molar-refractivity contribution is 5.83. The van der Waals surface area contributed by atoms with E-state index in [0.29, 0.717) is 25.9 Å². The highest BCUT2D eigenvalue weighted by Gasteiger charge is 2.54. The summed E-state index contributed by atoms with van der Waals surface area (Å²) in [4.78, 5) is 42.2. The summed E-state index contributed by atoms with van der Waals surface area (Å²) in [6.07, 6.45) is -3.80. The van der Waals surface area contributed by atoms with Crippen LogP contribution in [0.3, 0.4) is 0 Å². The molecular weight excluding hydrogens is 945 g/mol. The standard InChI is InChI=1S/C54H88N4O15/c1-14-42-54(10,66)47(63)33(4)44(61)31(2)26-53(9,68-13)49(34(5)46(35(6)50(65)71-42)72-43-27-52(8,67-12)48(64)36(7)70-43)73-51-45(62)41(25-32(3)69-51)57(11)28-37-20-22-38(23-21-37)40-29-58(56-55-40)24-18-16-15-17-19-39(60)30-59/h20-23,29,31-36,41-43,45-49,51,59,62-64,66H,14-19,24-28,30H2,1-13H3/t31-,32-,33+,34+,35-,36+,41+,42-,43+,45-,46+,47-,48+,49-,51+,52-,53-,54-/m1/s1. The van der Waals surface area contributed by atoms with E-state index in [1.165, 1.54) is 21.1 Å². The second kappa shape index (κ2) is 26.2. The summed E-state index contributed by atoms with van der Waals surface area (Å²) in [7, 11) is 4.94. The fraction of sp³-hybridized carbons (Fsp3) is 0.796. The molecule has 0 radical (unpaired) electrons. The first-order valence-corrected chi connectivity index (χ1v) is 26.4. The van der Waals surface area contributed by atoms with E-state index in [4.69, 9.17) is 38.3 Å². The molecule has 3 fully saturated rings. The Balaban J connectivity index is 1.42. The van der Waals surface area contributed by atoms with Crippen molar-refractivity contribution in [3.63, 3.8) is 0 Å². The van der Waals surface area contributed by atoms with Crippen LogP contribution in [0.2, 0.25) is 0 Å². The smallest absolute Gasteiger partial charge is 0.311 e. The quantitative estimate of drug-likeness (QED) is 0.0938. The van der Waals surface area contributed by atoms with Gasteiger partial charge in [0.25, 0.3) is 0 Å². The number of nitrogens with zero attached hydrogens (tertiary/aromatic N) is 4. The molecule has 1 aromatic carbocycles. The van der Waals surface area contributed by atoms with E-state index < -0.39 is 114 Å². The Morgan fingerprint density at radius 3 is 2.16 bits per heavy atom. The van der Waals surface area contributed by atoms with Gasteiger partial charge < -0.3 is 58.7 Å². The van der Waals surface area contributed by atoms with Crippen molar-refractivity contribution in [2.75, 3.05) is 27.9 Å². The van der Waals surface area contributed by atoms with E-state index >= 15 is 0 Å². The molecule has 18 atom stereocenters. The lowest BCUT2D eigenvalue weighted by Gasteiger charge is -2.50. The van der Waals surface area contributed by atoms with Crippen LogP contribution >= 0.6 is 0 Å². The topological polar surface area (TPSA) is 251 Å². The van der Waals surface area contributed by atoms with Gasteiger partial charge in [0, 0.05) is 69.5 Å². The number of aliphatic hydroxyl groups excluding tert-OH is 4. The third-order valence-electron chi connectivity index (χ3n) is 16.2. The number of hydrogen-bond donors (Lipinski definition) is 5. The predicted octanol–water partition coefficient (Wildman–Crippen LogP) is 4.78. The number of hydrogen-bond acceptors (Lipinski definition) is 18. The molecule has 0 spiro atoms. The van der Waals surface area contributed by atoms with Crippen LogP contribution in [0.1, 0.15) is 133 Å². The van der Waals surface area contributed by atoms with Crippen molar-refractivity contribution >= 4 is 17.5 Å². The molecule has 0 unspecified atom stereocenters.